The van der Waals surface area contributed by atoms with Crippen molar-refractivity contribution in [2.75, 3.05) is 29.9 Å². The van der Waals surface area contributed by atoms with Crippen LogP contribution in [-0.2, 0) is 11.2 Å². The number of carbonyl (C=O) groups excluding carboxylic acids is 1. The molecule has 1 aromatic rings. The summed E-state index contributed by atoms with van der Waals surface area (Å²) in [5.74, 6) is 2.04. The number of nitrogens with zero attached hydrogens (tertiary/aromatic N) is 3. The van der Waals surface area contributed by atoms with Gasteiger partial charge in [-0.3, -0.25) is 4.79 Å². The minimum absolute atomic E-state index is 0.189. The first-order valence-electron chi connectivity index (χ1n) is 7.75. The second-order valence-electron chi connectivity index (χ2n) is 5.05. The molecule has 1 aromatic heterocycles. The molecular weight excluding hydrogens is 266 g/mol. The van der Waals surface area contributed by atoms with Crippen LogP contribution in [-0.4, -0.2) is 35.5 Å². The van der Waals surface area contributed by atoms with Gasteiger partial charge in [0.25, 0.3) is 0 Å². The first-order chi connectivity index (χ1) is 10.1. The van der Waals surface area contributed by atoms with Crippen LogP contribution in [0.2, 0.25) is 0 Å². The highest BCUT2D eigenvalue weighted by Gasteiger charge is 2.13. The summed E-state index contributed by atoms with van der Waals surface area (Å²) in [4.78, 5) is 22.3. The molecule has 0 aromatic carbocycles. The van der Waals surface area contributed by atoms with Gasteiger partial charge in [0.15, 0.2) is 0 Å². The number of amides is 1. The average Bonchev–Trinajstić information content (AvgIpc) is 2.43. The van der Waals surface area contributed by atoms with Crippen molar-refractivity contribution in [2.45, 2.75) is 46.5 Å². The maximum absolute atomic E-state index is 11.3. The van der Waals surface area contributed by atoms with Gasteiger partial charge >= 0.3 is 0 Å². The smallest absolute Gasteiger partial charge is 0.236 e. The van der Waals surface area contributed by atoms with Crippen LogP contribution in [0, 0.1) is 0 Å². The van der Waals surface area contributed by atoms with Crippen molar-refractivity contribution < 1.29 is 4.79 Å². The fourth-order valence-electron chi connectivity index (χ4n) is 2.06. The van der Waals surface area contributed by atoms with E-state index in [9.17, 15) is 4.79 Å². The van der Waals surface area contributed by atoms with E-state index >= 15 is 0 Å². The number of carbonyl (C=O) groups is 1. The summed E-state index contributed by atoms with van der Waals surface area (Å²) in [6.45, 7) is 8.00. The highest BCUT2D eigenvalue weighted by molar-refractivity contribution is 5.79. The van der Waals surface area contributed by atoms with E-state index < -0.39 is 0 Å². The minimum atomic E-state index is -0.341. The summed E-state index contributed by atoms with van der Waals surface area (Å²) in [6.07, 6.45) is 3.86. The molecule has 0 aliphatic carbocycles. The normalized spacial score (nSPS) is 10.4. The standard InChI is InChI=1S/C15H27N5O/c1-4-7-9-20(11-12(16)21)15-10-14(17-6-3)18-13(19-15)8-5-2/h10H,4-9,11H2,1-3H3,(H2,16,21)(H,17,18,19). The molecule has 0 unspecified atom stereocenters. The molecular formula is C15H27N5O. The summed E-state index contributed by atoms with van der Waals surface area (Å²) in [6, 6.07) is 1.89. The van der Waals surface area contributed by atoms with Gasteiger partial charge in [0, 0.05) is 25.6 Å². The SMILES string of the molecule is CCCCN(CC(N)=O)c1cc(NCC)nc(CCC)n1. The van der Waals surface area contributed by atoms with Gasteiger partial charge in [-0.25, -0.2) is 9.97 Å². The summed E-state index contributed by atoms with van der Waals surface area (Å²) in [5.41, 5.74) is 5.36. The number of hydrogen-bond donors (Lipinski definition) is 2. The van der Waals surface area contributed by atoms with E-state index in [0.29, 0.717) is 0 Å². The monoisotopic (exact) mass is 293 g/mol. The number of unbranched alkanes of at least 4 members (excludes halogenated alkanes) is 1. The molecule has 6 nitrogen and oxygen atoms in total. The molecule has 0 spiro atoms. The molecule has 0 aliphatic rings. The molecule has 118 valence electrons. The quantitative estimate of drug-likeness (QED) is 0.689. The number of anilines is 2. The van der Waals surface area contributed by atoms with Gasteiger partial charge < -0.3 is 16.0 Å². The predicted octanol–water partition coefficient (Wildman–Crippen LogP) is 1.95. The average molecular weight is 293 g/mol. The van der Waals surface area contributed by atoms with Crippen LogP contribution in [0.1, 0.15) is 45.9 Å². The number of aryl methyl sites for hydroxylation is 1. The number of rotatable bonds is 10. The topological polar surface area (TPSA) is 84.1 Å². The van der Waals surface area contributed by atoms with E-state index in [1.54, 1.807) is 0 Å². The maximum atomic E-state index is 11.3. The Hall–Kier alpha value is -1.85. The zero-order valence-corrected chi connectivity index (χ0v) is 13.4. The largest absolute Gasteiger partial charge is 0.370 e. The Bertz CT molecular complexity index is 425. The predicted molar refractivity (Wildman–Crippen MR) is 86.5 cm³/mol. The Morgan fingerprint density at radius 2 is 2.05 bits per heavy atom. The minimum Gasteiger partial charge on any atom is -0.370 e. The van der Waals surface area contributed by atoms with E-state index in [-0.39, 0.29) is 12.5 Å². The van der Waals surface area contributed by atoms with E-state index in [2.05, 4.69) is 29.1 Å². The summed E-state index contributed by atoms with van der Waals surface area (Å²) < 4.78 is 0. The second-order valence-corrected chi connectivity index (χ2v) is 5.05. The molecule has 1 amide bonds. The van der Waals surface area contributed by atoms with Crippen molar-refractivity contribution in [3.8, 4) is 0 Å². The number of aromatic nitrogens is 2. The number of nitrogens with two attached hydrogens (primary N) is 1. The van der Waals surface area contributed by atoms with Crippen LogP contribution in [0.4, 0.5) is 11.6 Å². The third-order valence-electron chi connectivity index (χ3n) is 3.04. The first kappa shape index (κ1) is 17.2. The van der Waals surface area contributed by atoms with Gasteiger partial charge in [-0.2, -0.15) is 0 Å². The van der Waals surface area contributed by atoms with Gasteiger partial charge in [0.1, 0.15) is 17.5 Å². The van der Waals surface area contributed by atoms with E-state index in [4.69, 9.17) is 5.73 Å². The van der Waals surface area contributed by atoms with E-state index in [1.807, 2.05) is 17.9 Å². The number of nitrogens with one attached hydrogen (secondary N) is 1. The lowest BCUT2D eigenvalue weighted by Gasteiger charge is -2.23. The Morgan fingerprint density at radius 1 is 1.29 bits per heavy atom. The van der Waals surface area contributed by atoms with Crippen molar-refractivity contribution in [1.29, 1.82) is 0 Å². The number of hydrogen-bond acceptors (Lipinski definition) is 5. The lowest BCUT2D eigenvalue weighted by Crippen LogP contribution is -2.35. The third-order valence-corrected chi connectivity index (χ3v) is 3.04. The Kier molecular flexibility index (Phi) is 7.50. The van der Waals surface area contributed by atoms with Gasteiger partial charge in [-0.15, -0.1) is 0 Å². The zero-order chi connectivity index (χ0) is 15.7. The highest BCUT2D eigenvalue weighted by Crippen LogP contribution is 2.17. The molecule has 0 saturated carbocycles. The molecule has 0 bridgehead atoms. The van der Waals surface area contributed by atoms with Crippen LogP contribution in [0.3, 0.4) is 0 Å². The zero-order valence-electron chi connectivity index (χ0n) is 13.4. The Morgan fingerprint density at radius 3 is 2.62 bits per heavy atom. The number of primary amides is 1. The van der Waals surface area contributed by atoms with Gasteiger partial charge in [-0.05, 0) is 19.8 Å². The molecule has 1 heterocycles. The maximum Gasteiger partial charge on any atom is 0.236 e. The van der Waals surface area contributed by atoms with Crippen LogP contribution in [0.15, 0.2) is 6.07 Å². The summed E-state index contributed by atoms with van der Waals surface area (Å²) in [7, 11) is 0. The molecule has 0 aliphatic heterocycles. The fourth-order valence-corrected chi connectivity index (χ4v) is 2.06. The van der Waals surface area contributed by atoms with Crippen LogP contribution in [0.5, 0.6) is 0 Å². The van der Waals surface area contributed by atoms with Crippen molar-refractivity contribution in [3.05, 3.63) is 11.9 Å². The van der Waals surface area contributed by atoms with Crippen molar-refractivity contribution >= 4 is 17.5 Å². The van der Waals surface area contributed by atoms with Crippen molar-refractivity contribution in [2.24, 2.45) is 5.73 Å². The Labute approximate surface area is 127 Å². The van der Waals surface area contributed by atoms with Crippen molar-refractivity contribution in [1.82, 2.24) is 9.97 Å². The van der Waals surface area contributed by atoms with Crippen LogP contribution in [0.25, 0.3) is 0 Å². The second kappa shape index (κ2) is 9.15. The van der Waals surface area contributed by atoms with Gasteiger partial charge in [0.2, 0.25) is 5.91 Å². The van der Waals surface area contributed by atoms with Gasteiger partial charge in [-0.1, -0.05) is 20.3 Å². The lowest BCUT2D eigenvalue weighted by molar-refractivity contribution is -0.116. The van der Waals surface area contributed by atoms with Crippen LogP contribution < -0.4 is 16.0 Å². The lowest BCUT2D eigenvalue weighted by atomic mass is 10.3. The van der Waals surface area contributed by atoms with E-state index in [0.717, 1.165) is 56.2 Å². The fraction of sp³-hybridized carbons (Fsp3) is 0.667. The molecule has 21 heavy (non-hydrogen) atoms. The summed E-state index contributed by atoms with van der Waals surface area (Å²) >= 11 is 0. The molecule has 3 N–H and O–H groups in total. The molecule has 0 saturated heterocycles. The molecule has 6 heteroatoms. The molecule has 0 radical (unpaired) electrons. The van der Waals surface area contributed by atoms with E-state index in [1.165, 1.54) is 0 Å². The first-order valence-corrected chi connectivity index (χ1v) is 7.75. The highest BCUT2D eigenvalue weighted by atomic mass is 16.1. The molecule has 1 rings (SSSR count). The van der Waals surface area contributed by atoms with Gasteiger partial charge in [0.05, 0.1) is 6.54 Å². The molecule has 0 atom stereocenters. The Balaban J connectivity index is 3.04. The third kappa shape index (κ3) is 5.97. The van der Waals surface area contributed by atoms with Crippen LogP contribution >= 0.6 is 0 Å². The summed E-state index contributed by atoms with van der Waals surface area (Å²) in [5, 5.41) is 3.22. The molecule has 0 fully saturated rings. The van der Waals surface area contributed by atoms with Crippen molar-refractivity contribution in [3.63, 3.8) is 0 Å².